The van der Waals surface area contributed by atoms with E-state index in [2.05, 4.69) is 26.1 Å². The molecule has 0 atom stereocenters. The van der Waals surface area contributed by atoms with Gasteiger partial charge in [0.15, 0.2) is 0 Å². The average Bonchev–Trinajstić information content (AvgIpc) is 2.31. The molecule has 2 heteroatoms. The van der Waals surface area contributed by atoms with Gasteiger partial charge < -0.3 is 10.1 Å². The first-order valence-corrected chi connectivity index (χ1v) is 8.38. The highest BCUT2D eigenvalue weighted by atomic mass is 16.5. The first-order chi connectivity index (χ1) is 8.99. The molecule has 0 aliphatic heterocycles. The van der Waals surface area contributed by atoms with E-state index in [9.17, 15) is 0 Å². The van der Waals surface area contributed by atoms with Gasteiger partial charge in [-0.25, -0.2) is 0 Å². The summed E-state index contributed by atoms with van der Waals surface area (Å²) in [5.74, 6) is 0.969. The third-order valence-electron chi connectivity index (χ3n) is 4.86. The van der Waals surface area contributed by atoms with Crippen LogP contribution >= 0.6 is 0 Å². The van der Waals surface area contributed by atoms with Gasteiger partial charge in [0.2, 0.25) is 0 Å². The summed E-state index contributed by atoms with van der Waals surface area (Å²) in [6.45, 7) is 8.76. The van der Waals surface area contributed by atoms with Crippen LogP contribution in [0.3, 0.4) is 0 Å². The molecule has 2 nitrogen and oxygen atoms in total. The Balaban J connectivity index is 1.78. The molecule has 1 N–H and O–H groups in total. The molecule has 0 aromatic carbocycles. The number of hydrogen-bond donors (Lipinski definition) is 1. The lowest BCUT2D eigenvalue weighted by Crippen LogP contribution is -2.50. The van der Waals surface area contributed by atoms with Crippen LogP contribution < -0.4 is 5.32 Å². The quantitative estimate of drug-likeness (QED) is 0.775. The molecule has 2 rings (SSSR count). The molecule has 0 spiro atoms. The van der Waals surface area contributed by atoms with Crippen molar-refractivity contribution in [3.05, 3.63) is 0 Å². The number of rotatable bonds is 6. The van der Waals surface area contributed by atoms with Crippen molar-refractivity contribution >= 4 is 0 Å². The molecule has 0 unspecified atom stereocenters. The van der Waals surface area contributed by atoms with E-state index in [0.717, 1.165) is 19.1 Å². The minimum absolute atomic E-state index is 0.134. The molecule has 0 bridgehead atoms. The van der Waals surface area contributed by atoms with Crippen LogP contribution in [0, 0.1) is 5.92 Å². The molecule has 0 saturated heterocycles. The lowest BCUT2D eigenvalue weighted by molar-refractivity contribution is -0.0773. The highest BCUT2D eigenvalue weighted by Gasteiger charge is 2.34. The molecule has 2 aliphatic rings. The molecule has 0 aromatic rings. The monoisotopic (exact) mass is 267 g/mol. The van der Waals surface area contributed by atoms with Crippen LogP contribution in [0.4, 0.5) is 0 Å². The molecular formula is C17H33NO. The zero-order chi connectivity index (χ0) is 13.8. The van der Waals surface area contributed by atoms with Crippen molar-refractivity contribution in [2.75, 3.05) is 13.2 Å². The summed E-state index contributed by atoms with van der Waals surface area (Å²) in [6, 6.07) is 0. The molecule has 0 radical (unpaired) electrons. The van der Waals surface area contributed by atoms with Crippen molar-refractivity contribution in [1.82, 2.24) is 5.32 Å². The fourth-order valence-corrected chi connectivity index (χ4v) is 3.22. The van der Waals surface area contributed by atoms with Crippen LogP contribution in [0.25, 0.3) is 0 Å². The summed E-state index contributed by atoms with van der Waals surface area (Å²) in [6.07, 6.45) is 12.2. The van der Waals surface area contributed by atoms with Gasteiger partial charge in [0.25, 0.3) is 0 Å². The average molecular weight is 267 g/mol. The predicted molar refractivity (Wildman–Crippen MR) is 81.5 cm³/mol. The van der Waals surface area contributed by atoms with E-state index in [1.165, 1.54) is 57.8 Å². The normalized spacial score (nSPS) is 24.2. The Morgan fingerprint density at radius 3 is 2.26 bits per heavy atom. The predicted octanol–water partition coefficient (Wildman–Crippen LogP) is 4.28. The van der Waals surface area contributed by atoms with Crippen LogP contribution in [-0.2, 0) is 4.74 Å². The van der Waals surface area contributed by atoms with Crippen LogP contribution in [0.1, 0.15) is 78.6 Å². The van der Waals surface area contributed by atoms with E-state index in [-0.39, 0.29) is 11.1 Å². The first-order valence-electron chi connectivity index (χ1n) is 8.38. The van der Waals surface area contributed by atoms with Crippen molar-refractivity contribution in [1.29, 1.82) is 0 Å². The van der Waals surface area contributed by atoms with Gasteiger partial charge in [-0.05, 0) is 46.0 Å². The second-order valence-corrected chi connectivity index (χ2v) is 7.78. The smallest absolute Gasteiger partial charge is 0.0806 e. The number of ether oxygens (including phenoxy) is 1. The van der Waals surface area contributed by atoms with Gasteiger partial charge in [-0.1, -0.05) is 38.5 Å². The fourth-order valence-electron chi connectivity index (χ4n) is 3.22. The highest BCUT2D eigenvalue weighted by Crippen LogP contribution is 2.34. The van der Waals surface area contributed by atoms with Gasteiger partial charge >= 0.3 is 0 Å². The zero-order valence-electron chi connectivity index (χ0n) is 13.3. The number of nitrogens with one attached hydrogen (secondary N) is 1. The molecule has 0 heterocycles. The van der Waals surface area contributed by atoms with Crippen molar-refractivity contribution in [3.8, 4) is 0 Å². The maximum absolute atomic E-state index is 6.41. The van der Waals surface area contributed by atoms with E-state index < -0.39 is 0 Å². The Morgan fingerprint density at radius 1 is 1.05 bits per heavy atom. The van der Waals surface area contributed by atoms with Crippen molar-refractivity contribution < 1.29 is 4.74 Å². The molecule has 2 fully saturated rings. The molecule has 0 aromatic heterocycles. The molecule has 19 heavy (non-hydrogen) atoms. The van der Waals surface area contributed by atoms with Crippen LogP contribution in [0.5, 0.6) is 0 Å². The summed E-state index contributed by atoms with van der Waals surface area (Å²) in [5.41, 5.74) is 0.330. The van der Waals surface area contributed by atoms with E-state index in [0.29, 0.717) is 0 Å². The largest absolute Gasteiger partial charge is 0.374 e. The minimum atomic E-state index is 0.134. The van der Waals surface area contributed by atoms with E-state index in [4.69, 9.17) is 4.74 Å². The van der Waals surface area contributed by atoms with Crippen LogP contribution in [0.15, 0.2) is 0 Å². The topological polar surface area (TPSA) is 21.3 Å². The fraction of sp³-hybridized carbons (Fsp3) is 1.00. The Bertz CT molecular complexity index is 259. The lowest BCUT2D eigenvalue weighted by atomic mass is 9.82. The van der Waals surface area contributed by atoms with Gasteiger partial charge in [0.05, 0.1) is 5.60 Å². The third kappa shape index (κ3) is 5.07. The molecule has 2 aliphatic carbocycles. The summed E-state index contributed by atoms with van der Waals surface area (Å²) in [4.78, 5) is 0. The van der Waals surface area contributed by atoms with Crippen molar-refractivity contribution in [3.63, 3.8) is 0 Å². The second-order valence-electron chi connectivity index (χ2n) is 7.78. The standard InChI is InChI=1S/C17H33NO/c1-16(2,3)18-14-17(11-5-4-6-12-17)19-13-10-15-8-7-9-15/h15,18H,4-14H2,1-3H3. The maximum Gasteiger partial charge on any atom is 0.0806 e. The van der Waals surface area contributed by atoms with Gasteiger partial charge in [0.1, 0.15) is 0 Å². The van der Waals surface area contributed by atoms with Gasteiger partial charge in [0, 0.05) is 18.7 Å². The van der Waals surface area contributed by atoms with Crippen molar-refractivity contribution in [2.45, 2.75) is 89.7 Å². The molecule has 112 valence electrons. The second kappa shape index (κ2) is 6.58. The van der Waals surface area contributed by atoms with Gasteiger partial charge in [-0.15, -0.1) is 0 Å². The van der Waals surface area contributed by atoms with Crippen LogP contribution in [0.2, 0.25) is 0 Å². The Hall–Kier alpha value is -0.0800. The summed E-state index contributed by atoms with van der Waals surface area (Å²) < 4.78 is 6.41. The summed E-state index contributed by atoms with van der Waals surface area (Å²) in [5, 5.41) is 3.67. The van der Waals surface area contributed by atoms with Crippen molar-refractivity contribution in [2.24, 2.45) is 5.92 Å². The van der Waals surface area contributed by atoms with E-state index >= 15 is 0 Å². The maximum atomic E-state index is 6.41. The summed E-state index contributed by atoms with van der Waals surface area (Å²) >= 11 is 0. The van der Waals surface area contributed by atoms with E-state index in [1.54, 1.807) is 0 Å². The van der Waals surface area contributed by atoms with Crippen LogP contribution in [-0.4, -0.2) is 24.3 Å². The molecule has 2 saturated carbocycles. The minimum Gasteiger partial charge on any atom is -0.374 e. The Morgan fingerprint density at radius 2 is 1.74 bits per heavy atom. The lowest BCUT2D eigenvalue weighted by Gasteiger charge is -2.40. The molecular weight excluding hydrogens is 234 g/mol. The van der Waals surface area contributed by atoms with Gasteiger partial charge in [-0.2, -0.15) is 0 Å². The highest BCUT2D eigenvalue weighted by molar-refractivity contribution is 4.89. The SMILES string of the molecule is CC(C)(C)NCC1(OCCC2CCC2)CCCCC1. The summed E-state index contributed by atoms with van der Waals surface area (Å²) in [7, 11) is 0. The number of hydrogen-bond acceptors (Lipinski definition) is 2. The Labute approximate surface area is 119 Å². The first kappa shape index (κ1) is 15.3. The Kier molecular flexibility index (Phi) is 5.30. The van der Waals surface area contributed by atoms with Gasteiger partial charge in [-0.3, -0.25) is 0 Å². The third-order valence-corrected chi connectivity index (χ3v) is 4.86. The van der Waals surface area contributed by atoms with E-state index in [1.807, 2.05) is 0 Å². The zero-order valence-corrected chi connectivity index (χ0v) is 13.3. The molecule has 0 amide bonds.